The summed E-state index contributed by atoms with van der Waals surface area (Å²) in [4.78, 5) is 37.1. The molecule has 32 heavy (non-hydrogen) atoms. The Labute approximate surface area is 182 Å². The molecular formula is C23H19N7O2. The number of aromatic amines is 1. The molecule has 5 rings (SSSR count). The number of amides is 1. The van der Waals surface area contributed by atoms with Crippen LogP contribution in [0.1, 0.15) is 16.1 Å². The second-order valence-electron chi connectivity index (χ2n) is 7.34. The number of pyridine rings is 1. The van der Waals surface area contributed by atoms with E-state index in [0.29, 0.717) is 38.9 Å². The van der Waals surface area contributed by atoms with Gasteiger partial charge in [-0.3, -0.25) is 30.1 Å². The molecule has 2 aromatic carbocycles. The summed E-state index contributed by atoms with van der Waals surface area (Å²) < 4.78 is 1.66. The molecule has 0 unspecified atom stereocenters. The average Bonchev–Trinajstić information content (AvgIpc) is 3.11. The van der Waals surface area contributed by atoms with Crippen LogP contribution >= 0.6 is 0 Å². The molecule has 0 spiro atoms. The fourth-order valence-electron chi connectivity index (χ4n) is 3.71. The van der Waals surface area contributed by atoms with Crippen LogP contribution in [0.25, 0.3) is 33.2 Å². The normalized spacial score (nSPS) is 11.1. The molecule has 0 saturated carbocycles. The number of hydrogen-bond acceptors (Lipinski definition) is 6. The van der Waals surface area contributed by atoms with Gasteiger partial charge in [0.25, 0.3) is 11.5 Å². The zero-order valence-electron chi connectivity index (χ0n) is 17.4. The van der Waals surface area contributed by atoms with Crippen molar-refractivity contribution >= 4 is 33.8 Å². The van der Waals surface area contributed by atoms with Crippen LogP contribution in [0.4, 0.5) is 5.95 Å². The van der Waals surface area contributed by atoms with Gasteiger partial charge >= 0.3 is 0 Å². The smallest absolute Gasteiger partial charge is 0.270 e. The van der Waals surface area contributed by atoms with E-state index in [1.165, 1.54) is 0 Å². The molecule has 0 fully saturated rings. The Balaban J connectivity index is 1.52. The zero-order valence-corrected chi connectivity index (χ0v) is 17.4. The highest BCUT2D eigenvalue weighted by Gasteiger charge is 2.19. The summed E-state index contributed by atoms with van der Waals surface area (Å²) in [5.41, 5.74) is 8.81. The molecule has 158 valence electrons. The van der Waals surface area contributed by atoms with Gasteiger partial charge < -0.3 is 0 Å². The number of hydrazine groups is 1. The summed E-state index contributed by atoms with van der Waals surface area (Å²) in [6.07, 6.45) is 0. The molecule has 0 radical (unpaired) electrons. The number of aryl methyl sites for hydroxylation is 2. The molecule has 0 bridgehead atoms. The summed E-state index contributed by atoms with van der Waals surface area (Å²) in [5, 5.41) is 5.56. The molecule has 0 aliphatic heterocycles. The van der Waals surface area contributed by atoms with Gasteiger partial charge in [-0.05, 0) is 25.1 Å². The van der Waals surface area contributed by atoms with Crippen molar-refractivity contribution in [2.24, 2.45) is 7.05 Å². The van der Waals surface area contributed by atoms with Crippen LogP contribution in [0.2, 0.25) is 0 Å². The molecule has 9 heteroatoms. The Bertz CT molecular complexity index is 1540. The van der Waals surface area contributed by atoms with Gasteiger partial charge in [0, 0.05) is 12.6 Å². The van der Waals surface area contributed by atoms with E-state index in [-0.39, 0.29) is 11.5 Å². The molecule has 0 atom stereocenters. The van der Waals surface area contributed by atoms with Gasteiger partial charge in [-0.1, -0.05) is 42.5 Å². The van der Waals surface area contributed by atoms with Crippen LogP contribution in [-0.4, -0.2) is 30.6 Å². The number of aromatic nitrogens is 5. The standard InChI is InChI=1S/C23H19N7O2/c1-13-19-16(12-18(14-8-4-3-5-9-14)24-20(19)30(2)29-13)22(32)27-28-23-25-17-11-7-6-10-15(17)21(31)26-23/h3-12H,1-2H3,(H,27,32)(H2,25,26,28,31). The van der Waals surface area contributed by atoms with E-state index < -0.39 is 5.91 Å². The summed E-state index contributed by atoms with van der Waals surface area (Å²) in [5.74, 6) is -0.264. The van der Waals surface area contributed by atoms with E-state index in [9.17, 15) is 9.59 Å². The highest BCUT2D eigenvalue weighted by molar-refractivity contribution is 6.07. The van der Waals surface area contributed by atoms with E-state index in [2.05, 4.69) is 25.9 Å². The predicted molar refractivity (Wildman–Crippen MR) is 122 cm³/mol. The number of nitrogens with one attached hydrogen (secondary N) is 3. The SMILES string of the molecule is Cc1nn(C)c2nc(-c3ccccc3)cc(C(=O)NNc3nc4ccccc4c(=O)[nH]3)c12. The van der Waals surface area contributed by atoms with Crippen molar-refractivity contribution in [3.8, 4) is 11.3 Å². The van der Waals surface area contributed by atoms with Crippen LogP contribution in [0.3, 0.4) is 0 Å². The van der Waals surface area contributed by atoms with Crippen LogP contribution in [0.5, 0.6) is 0 Å². The van der Waals surface area contributed by atoms with E-state index in [4.69, 9.17) is 4.98 Å². The largest absolute Gasteiger partial charge is 0.291 e. The van der Waals surface area contributed by atoms with E-state index in [0.717, 1.165) is 5.56 Å². The van der Waals surface area contributed by atoms with Gasteiger partial charge in [-0.15, -0.1) is 0 Å². The maximum Gasteiger partial charge on any atom is 0.270 e. The van der Waals surface area contributed by atoms with Crippen molar-refractivity contribution in [1.82, 2.24) is 30.2 Å². The monoisotopic (exact) mass is 425 g/mol. The summed E-state index contributed by atoms with van der Waals surface area (Å²) in [6.45, 7) is 1.83. The Morgan fingerprint density at radius 2 is 1.78 bits per heavy atom. The molecule has 3 N–H and O–H groups in total. The number of fused-ring (bicyclic) bond motifs is 2. The highest BCUT2D eigenvalue weighted by atomic mass is 16.2. The Hall–Kier alpha value is -4.53. The van der Waals surface area contributed by atoms with Crippen LogP contribution < -0.4 is 16.4 Å². The van der Waals surface area contributed by atoms with E-state index in [1.54, 1.807) is 42.1 Å². The van der Waals surface area contributed by atoms with Crippen molar-refractivity contribution in [3.63, 3.8) is 0 Å². The first-order valence-electron chi connectivity index (χ1n) is 9.96. The number of carbonyl (C=O) groups excluding carboxylic acids is 1. The second-order valence-corrected chi connectivity index (χ2v) is 7.34. The summed E-state index contributed by atoms with van der Waals surface area (Å²) in [7, 11) is 1.79. The number of rotatable bonds is 4. The quantitative estimate of drug-likeness (QED) is 0.381. The van der Waals surface area contributed by atoms with Gasteiger partial charge in [0.05, 0.1) is 33.2 Å². The zero-order chi connectivity index (χ0) is 22.2. The lowest BCUT2D eigenvalue weighted by molar-refractivity contribution is 0.0964. The van der Waals surface area contributed by atoms with Crippen LogP contribution in [0.15, 0.2) is 65.5 Å². The van der Waals surface area contributed by atoms with Gasteiger partial charge in [0.15, 0.2) is 5.65 Å². The van der Waals surface area contributed by atoms with E-state index in [1.807, 2.05) is 37.3 Å². The lowest BCUT2D eigenvalue weighted by Gasteiger charge is -2.11. The number of nitrogens with zero attached hydrogens (tertiary/aromatic N) is 4. The van der Waals surface area contributed by atoms with Crippen molar-refractivity contribution in [1.29, 1.82) is 0 Å². The third-order valence-electron chi connectivity index (χ3n) is 5.19. The van der Waals surface area contributed by atoms with Gasteiger partial charge in [0.2, 0.25) is 5.95 Å². The lowest BCUT2D eigenvalue weighted by Crippen LogP contribution is -2.31. The van der Waals surface area contributed by atoms with Crippen molar-refractivity contribution in [2.45, 2.75) is 6.92 Å². The predicted octanol–water partition coefficient (Wildman–Crippen LogP) is 2.94. The minimum atomic E-state index is -0.401. The number of H-pyrrole nitrogens is 1. The highest BCUT2D eigenvalue weighted by Crippen LogP contribution is 2.26. The topological polar surface area (TPSA) is 118 Å². The van der Waals surface area contributed by atoms with Crippen molar-refractivity contribution in [3.05, 3.63) is 82.3 Å². The minimum Gasteiger partial charge on any atom is -0.291 e. The Morgan fingerprint density at radius 1 is 1.03 bits per heavy atom. The first kappa shape index (κ1) is 19.4. The number of para-hydroxylation sites is 1. The van der Waals surface area contributed by atoms with Gasteiger partial charge in [-0.25, -0.2) is 9.97 Å². The molecule has 3 heterocycles. The van der Waals surface area contributed by atoms with Crippen molar-refractivity contribution in [2.75, 3.05) is 5.43 Å². The fraction of sp³-hybridized carbons (Fsp3) is 0.0870. The third-order valence-corrected chi connectivity index (χ3v) is 5.19. The maximum absolute atomic E-state index is 13.2. The van der Waals surface area contributed by atoms with Gasteiger partial charge in [-0.2, -0.15) is 5.10 Å². The first-order chi connectivity index (χ1) is 15.5. The molecule has 9 nitrogen and oxygen atoms in total. The molecule has 3 aromatic heterocycles. The van der Waals surface area contributed by atoms with Gasteiger partial charge in [0.1, 0.15) is 0 Å². The maximum atomic E-state index is 13.2. The number of carbonyl (C=O) groups is 1. The van der Waals surface area contributed by atoms with Crippen LogP contribution in [0, 0.1) is 6.92 Å². The molecule has 0 aliphatic carbocycles. The summed E-state index contributed by atoms with van der Waals surface area (Å²) >= 11 is 0. The fourth-order valence-corrected chi connectivity index (χ4v) is 3.71. The van der Waals surface area contributed by atoms with Crippen LogP contribution in [-0.2, 0) is 7.05 Å². The lowest BCUT2D eigenvalue weighted by atomic mass is 10.1. The molecule has 0 aliphatic rings. The summed E-state index contributed by atoms with van der Waals surface area (Å²) in [6, 6.07) is 18.3. The van der Waals surface area contributed by atoms with E-state index >= 15 is 0 Å². The molecular weight excluding hydrogens is 406 g/mol. The number of anilines is 1. The average molecular weight is 425 g/mol. The molecule has 1 amide bonds. The minimum absolute atomic E-state index is 0.138. The van der Waals surface area contributed by atoms with Crippen molar-refractivity contribution < 1.29 is 4.79 Å². The molecule has 0 saturated heterocycles. The second kappa shape index (κ2) is 7.62. The first-order valence-corrected chi connectivity index (χ1v) is 9.96. The molecule has 5 aromatic rings. The number of benzene rings is 2. The third kappa shape index (κ3) is 3.35. The Morgan fingerprint density at radius 3 is 2.59 bits per heavy atom. The Kier molecular flexibility index (Phi) is 4.63. The number of hydrogen-bond donors (Lipinski definition) is 3.